The Hall–Kier alpha value is -3.79. The van der Waals surface area contributed by atoms with Gasteiger partial charge >= 0.3 is 0 Å². The van der Waals surface area contributed by atoms with Gasteiger partial charge in [-0.25, -0.2) is 4.68 Å². The van der Waals surface area contributed by atoms with E-state index in [9.17, 15) is 0 Å². The lowest BCUT2D eigenvalue weighted by atomic mass is 9.76. The number of rotatable bonds is 9. The van der Waals surface area contributed by atoms with E-state index in [2.05, 4.69) is 139 Å². The van der Waals surface area contributed by atoms with Gasteiger partial charge in [-0.15, -0.1) is 5.10 Å². The van der Waals surface area contributed by atoms with E-state index in [4.69, 9.17) is 10.3 Å². The third kappa shape index (κ3) is 5.73. The topological polar surface area (TPSA) is 34.6 Å². The van der Waals surface area contributed by atoms with Crippen molar-refractivity contribution in [3.8, 4) is 28.2 Å². The summed E-state index contributed by atoms with van der Waals surface area (Å²) in [7, 11) is 0. The number of unbranched alkanes of at least 4 members (excludes halogenated alkanes) is 2. The summed E-state index contributed by atoms with van der Waals surface area (Å²) in [6.07, 6.45) is 12.6. The molecule has 4 nitrogen and oxygen atoms in total. The molecule has 0 atom stereocenters. The van der Waals surface area contributed by atoms with Gasteiger partial charge < -0.3 is 0 Å². The van der Waals surface area contributed by atoms with E-state index >= 15 is 0 Å². The molecule has 2 aromatic heterocycles. The van der Waals surface area contributed by atoms with E-state index < -0.39 is 0 Å². The largest absolute Gasteiger partial charge is 0.221 e. The number of fused-ring (bicyclic) bond motifs is 5. The average molecular weight is 600 g/mol. The highest BCUT2D eigenvalue weighted by Crippen LogP contribution is 2.40. The van der Waals surface area contributed by atoms with Crippen LogP contribution < -0.4 is 4.57 Å². The first-order valence-electron chi connectivity index (χ1n) is 17.2. The zero-order chi connectivity index (χ0) is 32.0. The van der Waals surface area contributed by atoms with Gasteiger partial charge in [0.2, 0.25) is 5.69 Å². The molecule has 3 heterocycles. The fourth-order valence-corrected chi connectivity index (χ4v) is 7.33. The van der Waals surface area contributed by atoms with Crippen LogP contribution in [-0.4, -0.2) is 15.0 Å². The first-order chi connectivity index (χ1) is 21.5. The Morgan fingerprint density at radius 2 is 1.60 bits per heavy atom. The molecule has 0 N–H and O–H groups in total. The minimum Gasteiger partial charge on any atom is -0.220 e. The maximum atomic E-state index is 4.75. The van der Waals surface area contributed by atoms with Crippen molar-refractivity contribution in [2.24, 2.45) is 0 Å². The Labute approximate surface area is 270 Å². The molecule has 234 valence electrons. The highest BCUT2D eigenvalue weighted by molar-refractivity contribution is 5.94. The molecule has 0 saturated heterocycles. The molecule has 4 heteroatoms. The molecular weight excluding hydrogens is 548 g/mol. The second-order valence-electron chi connectivity index (χ2n) is 15.0. The van der Waals surface area contributed by atoms with E-state index in [1.54, 1.807) is 0 Å². The Balaban J connectivity index is 1.43. The van der Waals surface area contributed by atoms with Crippen LogP contribution in [0.4, 0.5) is 0 Å². The van der Waals surface area contributed by atoms with Crippen molar-refractivity contribution in [2.75, 3.05) is 0 Å². The second-order valence-corrected chi connectivity index (χ2v) is 15.0. The lowest BCUT2D eigenvalue weighted by Crippen LogP contribution is -2.60. The molecule has 0 unspecified atom stereocenters. The van der Waals surface area contributed by atoms with Crippen molar-refractivity contribution in [2.45, 2.75) is 117 Å². The molecule has 1 aliphatic heterocycles. The van der Waals surface area contributed by atoms with Crippen molar-refractivity contribution >= 4 is 10.8 Å². The predicted molar refractivity (Wildman–Crippen MR) is 188 cm³/mol. The van der Waals surface area contributed by atoms with Crippen LogP contribution in [0.2, 0.25) is 0 Å². The van der Waals surface area contributed by atoms with Gasteiger partial charge in [0.1, 0.15) is 5.69 Å². The predicted octanol–water partition coefficient (Wildman–Crippen LogP) is 10.3. The SMILES string of the molecule is CCCCCC(C)(C)c1cc(-c2cn(-c3ccc4c(c3)-c3c5ccccc5cc[n+]3C(CC)(CC)C4)nn2)cc(C(C)(C)C)c1. The molecule has 0 fully saturated rings. The molecule has 45 heavy (non-hydrogen) atoms. The summed E-state index contributed by atoms with van der Waals surface area (Å²) in [5.41, 5.74) is 10.1. The molecule has 1 aliphatic rings. The fourth-order valence-electron chi connectivity index (χ4n) is 7.33. The van der Waals surface area contributed by atoms with E-state index in [-0.39, 0.29) is 16.4 Å². The standard InChI is InChI=1S/C41H51N4/c1-9-12-15-21-40(7,8)33-24-31(23-32(25-33)39(4,5)6)37-28-45(43-42-37)34-19-18-30-27-41(10-2,11-3)44-22-20-29-16-13-14-17-35(29)38(44)36(30)26-34/h13-14,16-20,22-26,28H,9-12,15,21,27H2,1-8H3/q+1. The molecule has 0 saturated carbocycles. The Kier molecular flexibility index (Phi) is 8.22. The molecule has 0 radical (unpaired) electrons. The molecule has 0 spiro atoms. The number of nitrogens with zero attached hydrogens (tertiary/aromatic N) is 4. The van der Waals surface area contributed by atoms with Gasteiger partial charge in [0.05, 0.1) is 22.8 Å². The van der Waals surface area contributed by atoms with Crippen molar-refractivity contribution in [3.05, 3.63) is 95.8 Å². The zero-order valence-electron chi connectivity index (χ0n) is 28.7. The van der Waals surface area contributed by atoms with Crippen LogP contribution in [0.15, 0.2) is 79.1 Å². The summed E-state index contributed by atoms with van der Waals surface area (Å²) in [5.74, 6) is 0. The van der Waals surface area contributed by atoms with Crippen LogP contribution in [0, 0.1) is 0 Å². The molecular formula is C41H51N4+. The van der Waals surface area contributed by atoms with E-state index in [0.29, 0.717) is 0 Å². The van der Waals surface area contributed by atoms with Crippen LogP contribution in [0.1, 0.15) is 111 Å². The first-order valence-corrected chi connectivity index (χ1v) is 17.2. The zero-order valence-corrected chi connectivity index (χ0v) is 28.7. The molecule has 6 rings (SSSR count). The van der Waals surface area contributed by atoms with Crippen LogP contribution >= 0.6 is 0 Å². The highest BCUT2D eigenvalue weighted by Gasteiger charge is 2.44. The third-order valence-corrected chi connectivity index (χ3v) is 10.6. The van der Waals surface area contributed by atoms with Crippen LogP contribution in [-0.2, 0) is 22.8 Å². The lowest BCUT2D eigenvalue weighted by molar-refractivity contribution is -0.757. The highest BCUT2D eigenvalue weighted by atomic mass is 15.4. The van der Waals surface area contributed by atoms with Gasteiger partial charge in [0, 0.05) is 30.9 Å². The van der Waals surface area contributed by atoms with Gasteiger partial charge in [0.25, 0.3) is 0 Å². The van der Waals surface area contributed by atoms with Crippen molar-refractivity contribution in [3.63, 3.8) is 0 Å². The number of benzene rings is 3. The maximum absolute atomic E-state index is 4.75. The summed E-state index contributed by atoms with van der Waals surface area (Å²) < 4.78 is 4.53. The van der Waals surface area contributed by atoms with Crippen LogP contribution in [0.25, 0.3) is 39.0 Å². The minimum absolute atomic E-state index is 0.0405. The van der Waals surface area contributed by atoms with Gasteiger partial charge in [0.15, 0.2) is 11.7 Å². The number of aromatic nitrogens is 4. The van der Waals surface area contributed by atoms with Gasteiger partial charge in [-0.1, -0.05) is 110 Å². The summed E-state index contributed by atoms with van der Waals surface area (Å²) in [5, 5.41) is 12.0. The van der Waals surface area contributed by atoms with Crippen LogP contribution in [0.3, 0.4) is 0 Å². The average Bonchev–Trinajstić information content (AvgIpc) is 3.54. The van der Waals surface area contributed by atoms with Crippen molar-refractivity contribution in [1.82, 2.24) is 15.0 Å². The van der Waals surface area contributed by atoms with Crippen molar-refractivity contribution < 1.29 is 4.57 Å². The normalized spacial score (nSPS) is 14.4. The Bertz CT molecular complexity index is 1830. The van der Waals surface area contributed by atoms with Gasteiger partial charge in [-0.2, -0.15) is 4.57 Å². The summed E-state index contributed by atoms with van der Waals surface area (Å²) in [6.45, 7) is 18.6. The number of hydrogen-bond donors (Lipinski definition) is 0. The Morgan fingerprint density at radius 3 is 2.33 bits per heavy atom. The summed E-state index contributed by atoms with van der Waals surface area (Å²) >= 11 is 0. The van der Waals surface area contributed by atoms with Gasteiger partial charge in [-0.3, -0.25) is 0 Å². The number of hydrogen-bond acceptors (Lipinski definition) is 2. The minimum atomic E-state index is 0.0405. The fraction of sp³-hybridized carbons (Fsp3) is 0.439. The van der Waals surface area contributed by atoms with E-state index in [0.717, 1.165) is 36.2 Å². The smallest absolute Gasteiger partial charge is 0.220 e. The summed E-state index contributed by atoms with van der Waals surface area (Å²) in [4.78, 5) is 0. The Morgan fingerprint density at radius 1 is 0.844 bits per heavy atom. The molecule has 0 aliphatic carbocycles. The molecule has 0 amide bonds. The van der Waals surface area contributed by atoms with Crippen LogP contribution in [0.5, 0.6) is 0 Å². The monoisotopic (exact) mass is 599 g/mol. The van der Waals surface area contributed by atoms with Gasteiger partial charge in [-0.05, 0) is 69.7 Å². The molecule has 5 aromatic rings. The van der Waals surface area contributed by atoms with E-state index in [1.165, 1.54) is 64.4 Å². The summed E-state index contributed by atoms with van der Waals surface area (Å²) in [6, 6.07) is 25.1. The quantitative estimate of drug-likeness (QED) is 0.125. The maximum Gasteiger partial charge on any atom is 0.221 e. The first kappa shape index (κ1) is 31.2. The van der Waals surface area contributed by atoms with Crippen molar-refractivity contribution in [1.29, 1.82) is 0 Å². The second kappa shape index (κ2) is 11.9. The van der Waals surface area contributed by atoms with E-state index in [1.807, 2.05) is 4.68 Å². The molecule has 0 bridgehead atoms. The number of pyridine rings is 1. The molecule has 3 aromatic carbocycles. The lowest BCUT2D eigenvalue weighted by Gasteiger charge is -2.33. The third-order valence-electron chi connectivity index (χ3n) is 10.6.